The first-order chi connectivity index (χ1) is 12.8. The monoisotopic (exact) mass is 379 g/mol. The van der Waals surface area contributed by atoms with Gasteiger partial charge >= 0.3 is 5.97 Å². The Balaban J connectivity index is 1.96. The molecule has 1 N–H and O–H groups in total. The van der Waals surface area contributed by atoms with Crippen LogP contribution in [-0.4, -0.2) is 32.7 Å². The average molecular weight is 379 g/mol. The number of benzene rings is 2. The third-order valence-electron chi connectivity index (χ3n) is 3.73. The van der Waals surface area contributed by atoms with Crippen molar-refractivity contribution in [3.05, 3.63) is 59.2 Å². The summed E-state index contributed by atoms with van der Waals surface area (Å²) in [6.45, 7) is 0.967. The Morgan fingerprint density at radius 2 is 1.67 bits per heavy atom. The molecule has 0 saturated carbocycles. The van der Waals surface area contributed by atoms with Crippen molar-refractivity contribution in [1.29, 1.82) is 0 Å². The predicted molar refractivity (Wildman–Crippen MR) is 92.7 cm³/mol. The zero-order valence-electron chi connectivity index (χ0n) is 15.0. The van der Waals surface area contributed by atoms with Crippen molar-refractivity contribution in [2.24, 2.45) is 0 Å². The van der Waals surface area contributed by atoms with Gasteiger partial charge in [0.2, 0.25) is 0 Å². The average Bonchev–Trinajstić information content (AvgIpc) is 2.65. The molecule has 0 radical (unpaired) electrons. The minimum Gasteiger partial charge on any atom is -0.497 e. The largest absolute Gasteiger partial charge is 0.497 e. The molecule has 6 nitrogen and oxygen atoms in total. The van der Waals surface area contributed by atoms with E-state index >= 15 is 0 Å². The van der Waals surface area contributed by atoms with Crippen molar-refractivity contribution in [3.8, 4) is 11.5 Å². The van der Waals surface area contributed by atoms with Crippen LogP contribution in [0.5, 0.6) is 11.5 Å². The van der Waals surface area contributed by atoms with E-state index < -0.39 is 36.2 Å². The van der Waals surface area contributed by atoms with Gasteiger partial charge in [-0.2, -0.15) is 0 Å². The smallest absolute Gasteiger partial charge is 0.338 e. The molecule has 0 fully saturated rings. The van der Waals surface area contributed by atoms with Crippen LogP contribution in [0, 0.1) is 11.6 Å². The summed E-state index contributed by atoms with van der Waals surface area (Å²) in [5.74, 6) is -2.07. The number of methoxy groups -OCH3 is 2. The first-order valence-corrected chi connectivity index (χ1v) is 7.98. The molecular formula is C19H19F2NO5. The van der Waals surface area contributed by atoms with Gasteiger partial charge in [-0.25, -0.2) is 13.6 Å². The van der Waals surface area contributed by atoms with Crippen molar-refractivity contribution >= 4 is 11.9 Å². The van der Waals surface area contributed by atoms with Crippen LogP contribution in [0.2, 0.25) is 0 Å². The number of carbonyl (C=O) groups is 2. The molecule has 0 unspecified atom stereocenters. The van der Waals surface area contributed by atoms with Crippen LogP contribution in [0.1, 0.15) is 28.9 Å². The molecule has 8 heteroatoms. The van der Waals surface area contributed by atoms with E-state index in [-0.39, 0.29) is 11.1 Å². The van der Waals surface area contributed by atoms with Gasteiger partial charge in [-0.05, 0) is 25.1 Å². The van der Waals surface area contributed by atoms with Gasteiger partial charge in [-0.3, -0.25) is 4.79 Å². The summed E-state index contributed by atoms with van der Waals surface area (Å²) in [6, 6.07) is 6.81. The quantitative estimate of drug-likeness (QED) is 0.749. The van der Waals surface area contributed by atoms with Crippen molar-refractivity contribution in [2.45, 2.75) is 13.0 Å². The summed E-state index contributed by atoms with van der Waals surface area (Å²) in [6.07, 6.45) is 0. The lowest BCUT2D eigenvalue weighted by atomic mass is 10.1. The molecule has 0 aromatic heterocycles. The molecule has 0 saturated heterocycles. The van der Waals surface area contributed by atoms with Gasteiger partial charge < -0.3 is 19.5 Å². The van der Waals surface area contributed by atoms with Crippen LogP contribution in [0.3, 0.4) is 0 Å². The number of hydrogen-bond acceptors (Lipinski definition) is 5. The summed E-state index contributed by atoms with van der Waals surface area (Å²) in [5.41, 5.74) is 0.269. The fourth-order valence-electron chi connectivity index (χ4n) is 2.35. The molecular weight excluding hydrogens is 360 g/mol. The molecule has 0 aliphatic rings. The van der Waals surface area contributed by atoms with E-state index in [1.54, 1.807) is 6.07 Å². The van der Waals surface area contributed by atoms with Crippen molar-refractivity contribution < 1.29 is 32.6 Å². The van der Waals surface area contributed by atoms with Crippen LogP contribution in [0.25, 0.3) is 0 Å². The number of carbonyl (C=O) groups excluding carboxylic acids is 2. The molecule has 0 bridgehead atoms. The van der Waals surface area contributed by atoms with E-state index in [2.05, 4.69) is 5.32 Å². The van der Waals surface area contributed by atoms with Crippen molar-refractivity contribution in [3.63, 3.8) is 0 Å². The molecule has 0 heterocycles. The molecule has 1 atom stereocenters. The first kappa shape index (κ1) is 20.2. The van der Waals surface area contributed by atoms with Crippen LogP contribution in [-0.2, 0) is 9.53 Å². The number of esters is 1. The van der Waals surface area contributed by atoms with E-state index in [1.807, 2.05) is 0 Å². The number of ether oxygens (including phenoxy) is 3. The Kier molecular flexibility index (Phi) is 6.70. The summed E-state index contributed by atoms with van der Waals surface area (Å²) < 4.78 is 41.8. The Morgan fingerprint density at radius 3 is 2.22 bits per heavy atom. The van der Waals surface area contributed by atoms with E-state index in [1.165, 1.54) is 39.3 Å². The standard InChI is InChI=1S/C19H19F2NO5/c1-11(16-5-4-13(20)8-17(16)21)22-18(23)10-27-19(24)12-6-14(25-2)9-15(7-12)26-3/h4-9,11H,10H2,1-3H3,(H,22,23)/t11-/m1/s1. The zero-order valence-corrected chi connectivity index (χ0v) is 15.0. The highest BCUT2D eigenvalue weighted by Crippen LogP contribution is 2.23. The van der Waals surface area contributed by atoms with Crippen LogP contribution in [0.4, 0.5) is 8.78 Å². The fourth-order valence-corrected chi connectivity index (χ4v) is 2.35. The SMILES string of the molecule is COc1cc(OC)cc(C(=O)OCC(=O)N[C@H](C)c2ccc(F)cc2F)c1. The molecule has 2 aromatic carbocycles. The Morgan fingerprint density at radius 1 is 1.04 bits per heavy atom. The molecule has 0 aliphatic carbocycles. The van der Waals surface area contributed by atoms with Gasteiger partial charge in [0.05, 0.1) is 25.8 Å². The maximum Gasteiger partial charge on any atom is 0.338 e. The van der Waals surface area contributed by atoms with Crippen molar-refractivity contribution in [1.82, 2.24) is 5.32 Å². The van der Waals surface area contributed by atoms with Gasteiger partial charge in [0.1, 0.15) is 23.1 Å². The second kappa shape index (κ2) is 8.98. The predicted octanol–water partition coefficient (Wildman–Crippen LogP) is 3.02. The normalized spacial score (nSPS) is 11.4. The minimum atomic E-state index is -0.775. The van der Waals surface area contributed by atoms with E-state index in [0.29, 0.717) is 11.5 Å². The van der Waals surface area contributed by atoms with Crippen LogP contribution in [0.15, 0.2) is 36.4 Å². The molecule has 0 spiro atoms. The summed E-state index contributed by atoms with van der Waals surface area (Å²) >= 11 is 0. The first-order valence-electron chi connectivity index (χ1n) is 7.98. The zero-order chi connectivity index (χ0) is 20.0. The molecule has 0 aliphatic heterocycles. The summed E-state index contributed by atoms with van der Waals surface area (Å²) in [5, 5.41) is 2.48. The molecule has 27 heavy (non-hydrogen) atoms. The second-order valence-corrected chi connectivity index (χ2v) is 5.63. The van der Waals surface area contributed by atoms with Gasteiger partial charge in [-0.15, -0.1) is 0 Å². The minimum absolute atomic E-state index is 0.119. The highest BCUT2D eigenvalue weighted by atomic mass is 19.1. The lowest BCUT2D eigenvalue weighted by Gasteiger charge is -2.15. The third-order valence-corrected chi connectivity index (χ3v) is 3.73. The number of amides is 1. The van der Waals surface area contributed by atoms with Gasteiger partial charge in [0.15, 0.2) is 6.61 Å². The maximum absolute atomic E-state index is 13.7. The Labute approximate surface area is 155 Å². The molecule has 1 amide bonds. The Bertz CT molecular complexity index is 819. The second-order valence-electron chi connectivity index (χ2n) is 5.63. The number of halogens is 2. The van der Waals surface area contributed by atoms with Gasteiger partial charge in [0, 0.05) is 17.7 Å². The summed E-state index contributed by atoms with van der Waals surface area (Å²) in [7, 11) is 2.88. The molecule has 2 rings (SSSR count). The molecule has 2 aromatic rings. The van der Waals surface area contributed by atoms with Gasteiger partial charge in [0.25, 0.3) is 5.91 Å². The van der Waals surface area contributed by atoms with Crippen molar-refractivity contribution in [2.75, 3.05) is 20.8 Å². The number of rotatable bonds is 7. The third kappa shape index (κ3) is 5.40. The Hall–Kier alpha value is -3.16. The van der Waals surface area contributed by atoms with Crippen LogP contribution >= 0.6 is 0 Å². The van der Waals surface area contributed by atoms with E-state index in [0.717, 1.165) is 12.1 Å². The lowest BCUT2D eigenvalue weighted by Crippen LogP contribution is -2.31. The van der Waals surface area contributed by atoms with E-state index in [9.17, 15) is 18.4 Å². The summed E-state index contributed by atoms with van der Waals surface area (Å²) in [4.78, 5) is 24.1. The molecule has 144 valence electrons. The highest BCUT2D eigenvalue weighted by Gasteiger charge is 2.17. The van der Waals surface area contributed by atoms with Crippen LogP contribution < -0.4 is 14.8 Å². The maximum atomic E-state index is 13.7. The fraction of sp³-hybridized carbons (Fsp3) is 0.263. The number of nitrogens with one attached hydrogen (secondary N) is 1. The van der Waals surface area contributed by atoms with E-state index in [4.69, 9.17) is 14.2 Å². The highest BCUT2D eigenvalue weighted by molar-refractivity contribution is 5.92. The van der Waals surface area contributed by atoms with Gasteiger partial charge in [-0.1, -0.05) is 6.07 Å². The topological polar surface area (TPSA) is 73.9 Å². The lowest BCUT2D eigenvalue weighted by molar-refractivity contribution is -0.124. The number of hydrogen-bond donors (Lipinski definition) is 1.